The maximum absolute atomic E-state index is 9.00. The van der Waals surface area contributed by atoms with Crippen LogP contribution in [-0.2, 0) is 4.74 Å². The van der Waals surface area contributed by atoms with Gasteiger partial charge in [-0.25, -0.2) is 0 Å². The molecule has 2 N–H and O–H groups in total. The van der Waals surface area contributed by atoms with Crippen LogP contribution in [0.1, 0.15) is 0 Å². The van der Waals surface area contributed by atoms with Crippen molar-refractivity contribution in [2.75, 3.05) is 13.9 Å². The van der Waals surface area contributed by atoms with Gasteiger partial charge >= 0.3 is 7.12 Å². The van der Waals surface area contributed by atoms with Crippen molar-refractivity contribution in [3.63, 3.8) is 0 Å². The van der Waals surface area contributed by atoms with Crippen LogP contribution in [0, 0.1) is 0 Å². The first-order valence-electron chi connectivity index (χ1n) is 3.93. The van der Waals surface area contributed by atoms with Crippen LogP contribution in [0.25, 0.3) is 0 Å². The fraction of sp³-hybridized carbons (Fsp3) is 0.250. The predicted octanol–water partition coefficient (Wildman–Crippen LogP) is 0.00250. The minimum Gasteiger partial charge on any atom is -0.466 e. The molecule has 4 nitrogen and oxygen atoms in total. The molecule has 1 aromatic rings. The molecule has 0 aliphatic rings. The van der Waals surface area contributed by atoms with Crippen molar-refractivity contribution in [1.29, 1.82) is 0 Å². The van der Waals surface area contributed by atoms with E-state index in [1.807, 2.05) is 0 Å². The van der Waals surface area contributed by atoms with Crippen molar-refractivity contribution < 1.29 is 19.5 Å². The third-order valence-corrected chi connectivity index (χ3v) is 1.89. The highest BCUT2D eigenvalue weighted by Gasteiger charge is 2.19. The Labute approximate surface area is 87.2 Å². The molecular formula is C8H10BClO4. The molecule has 0 unspecified atom stereocenters. The number of hydrogen-bond acceptors (Lipinski definition) is 4. The van der Waals surface area contributed by atoms with Gasteiger partial charge in [-0.05, 0) is 6.07 Å². The zero-order valence-corrected chi connectivity index (χ0v) is 8.36. The Balaban J connectivity index is 2.96. The zero-order valence-electron chi connectivity index (χ0n) is 7.61. The van der Waals surface area contributed by atoms with Gasteiger partial charge in [0.15, 0.2) is 6.79 Å². The summed E-state index contributed by atoms with van der Waals surface area (Å²) < 4.78 is 9.80. The van der Waals surface area contributed by atoms with Gasteiger partial charge in [-0.1, -0.05) is 23.7 Å². The summed E-state index contributed by atoms with van der Waals surface area (Å²) in [5, 5.41) is 18.3. The van der Waals surface area contributed by atoms with Gasteiger partial charge in [0.1, 0.15) is 5.75 Å². The van der Waals surface area contributed by atoms with E-state index >= 15 is 0 Å². The molecule has 0 amide bonds. The number of methoxy groups -OCH3 is 1. The van der Waals surface area contributed by atoms with Crippen LogP contribution in [0.5, 0.6) is 5.75 Å². The fourth-order valence-electron chi connectivity index (χ4n) is 0.999. The molecule has 0 atom stereocenters. The lowest BCUT2D eigenvalue weighted by Crippen LogP contribution is -2.31. The van der Waals surface area contributed by atoms with Crippen LogP contribution in [-0.4, -0.2) is 31.1 Å². The van der Waals surface area contributed by atoms with Crippen molar-refractivity contribution in [3.8, 4) is 5.75 Å². The van der Waals surface area contributed by atoms with Crippen molar-refractivity contribution >= 4 is 24.2 Å². The second kappa shape index (κ2) is 5.21. The minimum absolute atomic E-state index is 0.00343. The SMILES string of the molecule is COCOc1c(Cl)cccc1B(O)O. The topological polar surface area (TPSA) is 58.9 Å². The van der Waals surface area contributed by atoms with Crippen LogP contribution in [0.15, 0.2) is 18.2 Å². The smallest absolute Gasteiger partial charge is 0.466 e. The van der Waals surface area contributed by atoms with Crippen molar-refractivity contribution in [2.45, 2.75) is 0 Å². The van der Waals surface area contributed by atoms with Crippen LogP contribution >= 0.6 is 11.6 Å². The molecule has 76 valence electrons. The monoisotopic (exact) mass is 216 g/mol. The van der Waals surface area contributed by atoms with Gasteiger partial charge < -0.3 is 19.5 Å². The Kier molecular flexibility index (Phi) is 4.22. The fourth-order valence-corrected chi connectivity index (χ4v) is 1.24. The van der Waals surface area contributed by atoms with Gasteiger partial charge in [0.2, 0.25) is 0 Å². The van der Waals surface area contributed by atoms with Crippen LogP contribution in [0.4, 0.5) is 0 Å². The molecule has 1 rings (SSSR count). The quantitative estimate of drug-likeness (QED) is 0.550. The highest BCUT2D eigenvalue weighted by atomic mass is 35.5. The summed E-state index contributed by atoms with van der Waals surface area (Å²) in [6, 6.07) is 4.72. The van der Waals surface area contributed by atoms with E-state index in [0.717, 1.165) is 0 Å². The first-order chi connectivity index (χ1) is 6.66. The molecule has 0 saturated heterocycles. The average molecular weight is 216 g/mol. The normalized spacial score (nSPS) is 10.0. The number of rotatable bonds is 4. The third kappa shape index (κ3) is 2.62. The predicted molar refractivity (Wildman–Crippen MR) is 53.8 cm³/mol. The summed E-state index contributed by atoms with van der Waals surface area (Å²) in [5.74, 6) is 0.228. The lowest BCUT2D eigenvalue weighted by atomic mass is 9.79. The van der Waals surface area contributed by atoms with E-state index < -0.39 is 7.12 Å². The van der Waals surface area contributed by atoms with Crippen LogP contribution < -0.4 is 10.2 Å². The Morgan fingerprint density at radius 1 is 1.43 bits per heavy atom. The molecule has 0 aromatic heterocycles. The van der Waals surface area contributed by atoms with Crippen LogP contribution in [0.2, 0.25) is 5.02 Å². The minimum atomic E-state index is -1.61. The van der Waals surface area contributed by atoms with Gasteiger partial charge in [0.25, 0.3) is 0 Å². The molecule has 0 heterocycles. The Morgan fingerprint density at radius 3 is 2.71 bits per heavy atom. The summed E-state index contributed by atoms with van der Waals surface area (Å²) in [6.45, 7) is 0.00343. The van der Waals surface area contributed by atoms with Crippen molar-refractivity contribution in [1.82, 2.24) is 0 Å². The van der Waals surface area contributed by atoms with Gasteiger partial charge in [-0.15, -0.1) is 0 Å². The molecule has 14 heavy (non-hydrogen) atoms. The Hall–Kier alpha value is -0.745. The second-order valence-corrected chi connectivity index (χ2v) is 2.99. The molecule has 0 aliphatic heterocycles. The highest BCUT2D eigenvalue weighted by molar-refractivity contribution is 6.60. The molecular weight excluding hydrogens is 206 g/mol. The molecule has 0 bridgehead atoms. The number of ether oxygens (including phenoxy) is 2. The lowest BCUT2D eigenvalue weighted by molar-refractivity contribution is 0.0518. The summed E-state index contributed by atoms with van der Waals surface area (Å²) in [4.78, 5) is 0. The Bertz CT molecular complexity index is 305. The number of benzene rings is 1. The maximum atomic E-state index is 9.00. The van der Waals surface area contributed by atoms with Crippen molar-refractivity contribution in [2.24, 2.45) is 0 Å². The molecule has 1 aromatic carbocycles. The van der Waals surface area contributed by atoms with E-state index in [9.17, 15) is 0 Å². The summed E-state index contributed by atoms with van der Waals surface area (Å²) in [7, 11) is -0.146. The molecule has 0 aliphatic carbocycles. The largest absolute Gasteiger partial charge is 0.492 e. The van der Waals surface area contributed by atoms with Gasteiger partial charge in [-0.2, -0.15) is 0 Å². The summed E-state index contributed by atoms with van der Waals surface area (Å²) in [6.07, 6.45) is 0. The van der Waals surface area contributed by atoms with E-state index in [2.05, 4.69) is 0 Å². The second-order valence-electron chi connectivity index (χ2n) is 2.58. The maximum Gasteiger partial charge on any atom is 0.492 e. The van der Waals surface area contributed by atoms with Gasteiger partial charge in [0, 0.05) is 12.6 Å². The lowest BCUT2D eigenvalue weighted by Gasteiger charge is -2.11. The number of para-hydroxylation sites is 1. The first kappa shape index (κ1) is 11.3. The molecule has 6 heteroatoms. The number of halogens is 1. The third-order valence-electron chi connectivity index (χ3n) is 1.60. The average Bonchev–Trinajstić information content (AvgIpc) is 2.15. The standard InChI is InChI=1S/C8H10BClO4/c1-13-5-14-8-6(9(11)12)3-2-4-7(8)10/h2-4,11-12H,5H2,1H3. The molecule has 0 spiro atoms. The van der Waals surface area contributed by atoms with Crippen LogP contribution in [0.3, 0.4) is 0 Å². The summed E-state index contributed by atoms with van der Waals surface area (Å²) >= 11 is 5.81. The van der Waals surface area contributed by atoms with E-state index in [1.165, 1.54) is 13.2 Å². The summed E-state index contributed by atoms with van der Waals surface area (Å²) in [5.41, 5.74) is 0.217. The zero-order chi connectivity index (χ0) is 10.6. The molecule has 0 saturated carbocycles. The molecule has 0 fully saturated rings. The van der Waals surface area contributed by atoms with E-state index in [4.69, 9.17) is 31.1 Å². The first-order valence-corrected chi connectivity index (χ1v) is 4.31. The van der Waals surface area contributed by atoms with Gasteiger partial charge in [-0.3, -0.25) is 0 Å². The Morgan fingerprint density at radius 2 is 2.14 bits per heavy atom. The van der Waals surface area contributed by atoms with E-state index in [1.54, 1.807) is 12.1 Å². The van der Waals surface area contributed by atoms with Gasteiger partial charge in [0.05, 0.1) is 5.02 Å². The molecule has 0 radical (unpaired) electrons. The number of hydrogen-bond donors (Lipinski definition) is 2. The van der Waals surface area contributed by atoms with E-state index in [0.29, 0.717) is 5.02 Å². The van der Waals surface area contributed by atoms with Crippen molar-refractivity contribution in [3.05, 3.63) is 23.2 Å². The van der Waals surface area contributed by atoms with E-state index in [-0.39, 0.29) is 18.0 Å². The highest BCUT2D eigenvalue weighted by Crippen LogP contribution is 2.21.